The van der Waals surface area contributed by atoms with Gasteiger partial charge in [-0.05, 0) is 60.9 Å². The van der Waals surface area contributed by atoms with Gasteiger partial charge in [-0.25, -0.2) is 8.78 Å². The molecule has 0 amide bonds. The molecule has 0 aromatic heterocycles. The number of hydrogen-bond acceptors (Lipinski definition) is 2. The van der Waals surface area contributed by atoms with Crippen LogP contribution in [0.2, 0.25) is 0 Å². The molecule has 1 aliphatic rings. The summed E-state index contributed by atoms with van der Waals surface area (Å²) in [5, 5.41) is 3.40. The molecule has 0 radical (unpaired) electrons. The number of rotatable bonds is 5. The first kappa shape index (κ1) is 13.6. The van der Waals surface area contributed by atoms with E-state index in [0.717, 1.165) is 15.4 Å². The normalized spacial score (nSPS) is 14.5. The molecule has 1 N–H and O–H groups in total. The smallest absolute Gasteiger partial charge is 0.123 e. The summed E-state index contributed by atoms with van der Waals surface area (Å²) in [6, 6.07) is 11.8. The summed E-state index contributed by atoms with van der Waals surface area (Å²) in [5.41, 5.74) is 0.950. The molecule has 2 aromatic carbocycles. The molecular weight excluding hydrogens is 276 g/mol. The van der Waals surface area contributed by atoms with E-state index in [4.69, 9.17) is 0 Å². The maximum absolute atomic E-state index is 13.4. The predicted octanol–water partition coefficient (Wildman–Crippen LogP) is 4.37. The summed E-state index contributed by atoms with van der Waals surface area (Å²) >= 11 is 1.53. The Kier molecular flexibility index (Phi) is 4.03. The number of nitrogens with one attached hydrogen (secondary N) is 1. The molecule has 1 nitrogen and oxygen atoms in total. The van der Waals surface area contributed by atoms with Gasteiger partial charge in [-0.1, -0.05) is 11.8 Å². The first-order valence-electron chi connectivity index (χ1n) is 6.66. The molecular formula is C16H15F2NS. The lowest BCUT2D eigenvalue weighted by molar-refractivity contribution is 0.616. The van der Waals surface area contributed by atoms with E-state index < -0.39 is 0 Å². The standard InChI is InChI=1S/C16H15F2NS/c17-12-1-6-15(7-2-12)20-16-8-3-13(18)9-11(16)10-19-14-4-5-14/h1-3,6-9,14,19H,4-5,10H2. The van der Waals surface area contributed by atoms with Gasteiger partial charge in [-0.15, -0.1) is 0 Å². The van der Waals surface area contributed by atoms with Crippen LogP contribution in [-0.4, -0.2) is 6.04 Å². The molecule has 1 aliphatic carbocycles. The largest absolute Gasteiger partial charge is 0.310 e. The van der Waals surface area contributed by atoms with Crippen molar-refractivity contribution in [2.45, 2.75) is 35.2 Å². The Balaban J connectivity index is 1.77. The molecule has 0 saturated heterocycles. The lowest BCUT2D eigenvalue weighted by atomic mass is 10.2. The quantitative estimate of drug-likeness (QED) is 0.878. The third-order valence-corrected chi connectivity index (χ3v) is 4.35. The molecule has 104 valence electrons. The summed E-state index contributed by atoms with van der Waals surface area (Å²) in [5.74, 6) is -0.467. The third kappa shape index (κ3) is 3.58. The summed E-state index contributed by atoms with van der Waals surface area (Å²) in [6.07, 6.45) is 2.41. The van der Waals surface area contributed by atoms with Crippen LogP contribution in [0.1, 0.15) is 18.4 Å². The van der Waals surface area contributed by atoms with E-state index in [-0.39, 0.29) is 11.6 Å². The SMILES string of the molecule is Fc1ccc(Sc2ccc(F)cc2CNC2CC2)cc1. The van der Waals surface area contributed by atoms with Crippen LogP contribution in [0, 0.1) is 11.6 Å². The van der Waals surface area contributed by atoms with Gasteiger partial charge in [0, 0.05) is 22.4 Å². The maximum atomic E-state index is 13.4. The van der Waals surface area contributed by atoms with Gasteiger partial charge in [0.2, 0.25) is 0 Å². The van der Waals surface area contributed by atoms with Gasteiger partial charge in [0.05, 0.1) is 0 Å². The fourth-order valence-electron chi connectivity index (χ4n) is 1.96. The van der Waals surface area contributed by atoms with Crippen LogP contribution in [0.5, 0.6) is 0 Å². The van der Waals surface area contributed by atoms with E-state index in [1.165, 1.54) is 42.8 Å². The molecule has 0 unspecified atom stereocenters. The molecule has 20 heavy (non-hydrogen) atoms. The van der Waals surface area contributed by atoms with Crippen molar-refractivity contribution in [3.05, 3.63) is 59.7 Å². The van der Waals surface area contributed by atoms with E-state index in [9.17, 15) is 8.78 Å². The Labute approximate surface area is 121 Å². The molecule has 0 spiro atoms. The maximum Gasteiger partial charge on any atom is 0.123 e. The molecule has 2 aromatic rings. The zero-order chi connectivity index (χ0) is 13.9. The summed E-state index contributed by atoms with van der Waals surface area (Å²) in [7, 11) is 0. The van der Waals surface area contributed by atoms with Crippen molar-refractivity contribution < 1.29 is 8.78 Å². The van der Waals surface area contributed by atoms with Crippen molar-refractivity contribution in [3.63, 3.8) is 0 Å². The minimum atomic E-state index is -0.246. The fraction of sp³-hybridized carbons (Fsp3) is 0.250. The van der Waals surface area contributed by atoms with Gasteiger partial charge in [-0.2, -0.15) is 0 Å². The summed E-state index contributed by atoms with van der Waals surface area (Å²) < 4.78 is 26.3. The highest BCUT2D eigenvalue weighted by Crippen LogP contribution is 2.31. The number of halogens is 2. The molecule has 3 rings (SSSR count). The van der Waals surface area contributed by atoms with Crippen LogP contribution in [0.25, 0.3) is 0 Å². The molecule has 4 heteroatoms. The first-order valence-corrected chi connectivity index (χ1v) is 7.47. The van der Waals surface area contributed by atoms with Crippen molar-refractivity contribution in [1.29, 1.82) is 0 Å². The lowest BCUT2D eigenvalue weighted by Gasteiger charge is -2.10. The van der Waals surface area contributed by atoms with Gasteiger partial charge in [0.1, 0.15) is 11.6 Å². The van der Waals surface area contributed by atoms with E-state index >= 15 is 0 Å². The monoisotopic (exact) mass is 291 g/mol. The third-order valence-electron chi connectivity index (χ3n) is 3.22. The highest BCUT2D eigenvalue weighted by molar-refractivity contribution is 7.99. The molecule has 1 saturated carbocycles. The van der Waals surface area contributed by atoms with E-state index in [1.54, 1.807) is 24.3 Å². The average molecular weight is 291 g/mol. The highest BCUT2D eigenvalue weighted by atomic mass is 32.2. The summed E-state index contributed by atoms with van der Waals surface area (Å²) in [4.78, 5) is 1.96. The Bertz CT molecular complexity index is 594. The fourth-order valence-corrected chi connectivity index (χ4v) is 2.88. The minimum absolute atomic E-state index is 0.221. The molecule has 0 atom stereocenters. The van der Waals surface area contributed by atoms with Gasteiger partial charge >= 0.3 is 0 Å². The molecule has 1 fully saturated rings. The van der Waals surface area contributed by atoms with Crippen molar-refractivity contribution in [2.75, 3.05) is 0 Å². The Morgan fingerprint density at radius 3 is 2.40 bits per heavy atom. The van der Waals surface area contributed by atoms with E-state index in [1.807, 2.05) is 0 Å². The van der Waals surface area contributed by atoms with Gasteiger partial charge < -0.3 is 5.32 Å². The van der Waals surface area contributed by atoms with Crippen LogP contribution in [-0.2, 0) is 6.54 Å². The molecule has 0 bridgehead atoms. The van der Waals surface area contributed by atoms with E-state index in [0.29, 0.717) is 12.6 Å². The Morgan fingerprint density at radius 1 is 1.00 bits per heavy atom. The topological polar surface area (TPSA) is 12.0 Å². The summed E-state index contributed by atoms with van der Waals surface area (Å²) in [6.45, 7) is 0.673. The zero-order valence-electron chi connectivity index (χ0n) is 10.9. The van der Waals surface area contributed by atoms with Gasteiger partial charge in [0.25, 0.3) is 0 Å². The Morgan fingerprint density at radius 2 is 1.70 bits per heavy atom. The van der Waals surface area contributed by atoms with Crippen LogP contribution in [0.15, 0.2) is 52.3 Å². The average Bonchev–Trinajstić information content (AvgIpc) is 3.25. The van der Waals surface area contributed by atoms with Crippen molar-refractivity contribution >= 4 is 11.8 Å². The molecule has 0 aliphatic heterocycles. The lowest BCUT2D eigenvalue weighted by Crippen LogP contribution is -2.15. The van der Waals surface area contributed by atoms with Crippen LogP contribution in [0.4, 0.5) is 8.78 Å². The number of benzene rings is 2. The second kappa shape index (κ2) is 5.94. The van der Waals surface area contributed by atoms with Crippen molar-refractivity contribution in [2.24, 2.45) is 0 Å². The van der Waals surface area contributed by atoms with Crippen LogP contribution < -0.4 is 5.32 Å². The number of hydrogen-bond donors (Lipinski definition) is 1. The second-order valence-electron chi connectivity index (χ2n) is 4.96. The van der Waals surface area contributed by atoms with Gasteiger partial charge in [0.15, 0.2) is 0 Å². The second-order valence-corrected chi connectivity index (χ2v) is 6.08. The predicted molar refractivity (Wildman–Crippen MR) is 76.8 cm³/mol. The van der Waals surface area contributed by atoms with Crippen molar-refractivity contribution in [1.82, 2.24) is 5.32 Å². The van der Waals surface area contributed by atoms with Crippen LogP contribution in [0.3, 0.4) is 0 Å². The van der Waals surface area contributed by atoms with Crippen molar-refractivity contribution in [3.8, 4) is 0 Å². The highest BCUT2D eigenvalue weighted by Gasteiger charge is 2.20. The van der Waals surface area contributed by atoms with Crippen LogP contribution >= 0.6 is 11.8 Å². The first-order chi connectivity index (χ1) is 9.70. The van der Waals surface area contributed by atoms with Gasteiger partial charge in [-0.3, -0.25) is 0 Å². The molecule has 0 heterocycles. The van der Waals surface area contributed by atoms with E-state index in [2.05, 4.69) is 5.32 Å². The minimum Gasteiger partial charge on any atom is -0.310 e. The Hall–Kier alpha value is -1.39. The zero-order valence-corrected chi connectivity index (χ0v) is 11.7.